The van der Waals surface area contributed by atoms with E-state index in [0.29, 0.717) is 65.5 Å². The van der Waals surface area contributed by atoms with Gasteiger partial charge in [0.15, 0.2) is 5.82 Å². The van der Waals surface area contributed by atoms with E-state index in [1.165, 1.54) is 10.6 Å². The highest BCUT2D eigenvalue weighted by molar-refractivity contribution is 6.36. The number of nitrogens with zero attached hydrogens (tertiary/aromatic N) is 12. The molecule has 1 amide bonds. The number of hydrogen-bond acceptors (Lipinski definition) is 14. The summed E-state index contributed by atoms with van der Waals surface area (Å²) in [6.07, 6.45) is -2.25. The van der Waals surface area contributed by atoms with Crippen LogP contribution in [-0.4, -0.2) is 145 Å². The zero-order valence-electron chi connectivity index (χ0n) is 39.9. The molecule has 3 fully saturated rings. The largest absolute Gasteiger partial charge is 0.508 e. The van der Waals surface area contributed by atoms with Gasteiger partial charge in [0.2, 0.25) is 5.95 Å². The van der Waals surface area contributed by atoms with Crippen molar-refractivity contribution in [3.05, 3.63) is 100 Å². The van der Waals surface area contributed by atoms with E-state index >= 15 is 0 Å². The highest BCUT2D eigenvalue weighted by Crippen LogP contribution is 2.40. The summed E-state index contributed by atoms with van der Waals surface area (Å²) >= 11 is 6.79. The minimum absolute atomic E-state index is 0.00917. The fourth-order valence-electron chi connectivity index (χ4n) is 10.9. The molecule has 16 nitrogen and oxygen atoms in total. The highest BCUT2D eigenvalue weighted by atomic mass is 35.5. The quantitative estimate of drug-likeness (QED) is 0.118. The van der Waals surface area contributed by atoms with E-state index in [4.69, 9.17) is 21.6 Å². The van der Waals surface area contributed by atoms with E-state index in [-0.39, 0.29) is 49.4 Å². The number of aryl methyl sites for hydroxylation is 1. The first kappa shape index (κ1) is 48.7. The number of anilines is 3. The number of fused-ring (bicyclic) bond motifs is 2. The molecule has 20 heteroatoms. The number of phenolic OH excluding ortho intramolecular Hbond substituents is 2. The predicted octanol–water partition coefficient (Wildman–Crippen LogP) is 7.30. The molecule has 3 saturated heterocycles. The van der Waals surface area contributed by atoms with Crippen LogP contribution < -0.4 is 14.7 Å². The average Bonchev–Trinajstić information content (AvgIpc) is 3.76. The number of alkyl halides is 3. The fourth-order valence-corrected chi connectivity index (χ4v) is 11.2. The normalized spacial score (nSPS) is 18.4. The van der Waals surface area contributed by atoms with Crippen molar-refractivity contribution in [2.24, 2.45) is 5.92 Å². The smallest absolute Gasteiger partial charge is 0.471 e. The monoisotopic (exact) mass is 1000 g/mol. The molecule has 2 aromatic heterocycles. The predicted molar refractivity (Wildman–Crippen MR) is 268 cm³/mol. The van der Waals surface area contributed by atoms with Crippen LogP contribution in [0.15, 0.2) is 72.8 Å². The fraction of sp³-hybridized carbons (Fsp3) is 0.423. The number of nitriles is 1. The molecule has 376 valence electrons. The number of carbonyl (C=O) groups excluding carboxylic acids is 1. The summed E-state index contributed by atoms with van der Waals surface area (Å²) in [6.45, 7) is 9.99. The number of phenols is 2. The molecule has 0 saturated carbocycles. The number of carbonyl (C=O) groups is 1. The maximum absolute atomic E-state index is 13.7. The summed E-state index contributed by atoms with van der Waals surface area (Å²) in [6, 6.07) is 23.5. The van der Waals surface area contributed by atoms with Crippen LogP contribution in [-0.2, 0) is 30.7 Å². The Morgan fingerprint density at radius 2 is 1.57 bits per heavy atom. The van der Waals surface area contributed by atoms with Crippen LogP contribution in [0, 0.1) is 17.2 Å². The second-order valence-electron chi connectivity index (χ2n) is 19.2. The van der Waals surface area contributed by atoms with Crippen LogP contribution in [0.25, 0.3) is 27.8 Å². The molecule has 72 heavy (non-hydrogen) atoms. The topological polar surface area (TPSA) is 177 Å². The van der Waals surface area contributed by atoms with Crippen LogP contribution in [0.3, 0.4) is 0 Å². The third kappa shape index (κ3) is 9.87. The minimum Gasteiger partial charge on any atom is -0.508 e. The van der Waals surface area contributed by atoms with Gasteiger partial charge in [-0.3, -0.25) is 9.69 Å². The van der Waals surface area contributed by atoms with E-state index in [1.54, 1.807) is 6.07 Å². The van der Waals surface area contributed by atoms with E-state index < -0.39 is 18.1 Å². The Kier molecular flexibility index (Phi) is 13.8. The lowest BCUT2D eigenvalue weighted by atomic mass is 9.96. The molecule has 10 rings (SSSR count). The number of halogens is 4. The van der Waals surface area contributed by atoms with E-state index in [0.717, 1.165) is 103 Å². The van der Waals surface area contributed by atoms with Crippen molar-refractivity contribution >= 4 is 45.7 Å². The molecule has 1 atom stereocenters. The Bertz CT molecular complexity index is 3000. The third-order valence-electron chi connectivity index (χ3n) is 14.8. The van der Waals surface area contributed by atoms with E-state index in [2.05, 4.69) is 35.9 Å². The maximum atomic E-state index is 13.7. The standard InChI is InChI=1S/C52H56ClF3N12O4/c1-2-35-27-40(45(70)28-44(35)69)48-60-61-51(72)68(48)37-11-9-33(10-12-37)29-62-21-23-63(24-22-62)30-34-14-18-64(19-15-34)50-58-42-32-65(43-8-4-6-36-5-3-7-41(53)46(36)43)20-16-39(42)47(59-50)66-25-26-67(38(31-66)13-17-57)49(71)52(54,55)56/h3-12,27-28,34,38,69-70H,2,13-16,18-26,29-32H2,1H3,(H,61,72)/t38-/m0/s1. The molecular formula is C52H56ClF3N12O4. The van der Waals surface area contributed by atoms with Crippen molar-refractivity contribution in [2.45, 2.75) is 64.3 Å². The van der Waals surface area contributed by atoms with Gasteiger partial charge in [0.05, 0.1) is 47.0 Å². The van der Waals surface area contributed by atoms with Gasteiger partial charge in [0.1, 0.15) is 17.3 Å². The van der Waals surface area contributed by atoms with Gasteiger partial charge in [-0.1, -0.05) is 60.0 Å². The van der Waals surface area contributed by atoms with Crippen molar-refractivity contribution in [3.63, 3.8) is 0 Å². The minimum atomic E-state index is -5.04. The summed E-state index contributed by atoms with van der Waals surface area (Å²) in [5.74, 6) is -0.124. The first-order chi connectivity index (χ1) is 34.8. The van der Waals surface area contributed by atoms with Crippen molar-refractivity contribution < 1.29 is 33.3 Å². The molecule has 4 aromatic carbocycles. The Balaban J connectivity index is 0.790. The van der Waals surface area contributed by atoms with Crippen LogP contribution in [0.4, 0.5) is 30.6 Å². The van der Waals surface area contributed by atoms with Gasteiger partial charge in [0.25, 0.3) is 0 Å². The molecule has 4 aliphatic heterocycles. The third-order valence-corrected chi connectivity index (χ3v) is 15.1. The van der Waals surface area contributed by atoms with Crippen LogP contribution >= 0.6 is 11.6 Å². The van der Waals surface area contributed by atoms with Gasteiger partial charge in [0, 0.05) is 101 Å². The van der Waals surface area contributed by atoms with Crippen LogP contribution in [0.5, 0.6) is 17.5 Å². The molecule has 0 unspecified atom stereocenters. The number of hydrogen-bond donors (Lipinski definition) is 3. The van der Waals surface area contributed by atoms with Crippen LogP contribution in [0.2, 0.25) is 5.02 Å². The summed E-state index contributed by atoms with van der Waals surface area (Å²) < 4.78 is 42.5. The molecule has 0 spiro atoms. The summed E-state index contributed by atoms with van der Waals surface area (Å²) in [4.78, 5) is 35.1. The number of piperazine rings is 2. The lowest BCUT2D eigenvalue weighted by molar-refractivity contribution is -0.188. The van der Waals surface area contributed by atoms with Crippen molar-refractivity contribution in [2.75, 3.05) is 86.7 Å². The lowest BCUT2D eigenvalue weighted by Crippen LogP contribution is -2.58. The van der Waals surface area contributed by atoms with Crippen LogP contribution in [0.1, 0.15) is 48.6 Å². The Morgan fingerprint density at radius 3 is 2.29 bits per heavy atom. The molecule has 3 N–H and O–H groups in total. The van der Waals surface area contributed by atoms with Gasteiger partial charge in [-0.2, -0.15) is 23.4 Å². The summed E-state index contributed by atoms with van der Waals surface area (Å²) in [5.41, 5.74) is 5.51. The summed E-state index contributed by atoms with van der Waals surface area (Å²) in [7, 11) is 0. The second-order valence-corrected chi connectivity index (χ2v) is 19.6. The van der Waals surface area contributed by atoms with E-state index in [9.17, 15) is 38.5 Å². The lowest BCUT2D eigenvalue weighted by Gasteiger charge is -2.43. The van der Waals surface area contributed by atoms with Gasteiger partial charge < -0.3 is 39.8 Å². The van der Waals surface area contributed by atoms with Gasteiger partial charge in [-0.15, -0.1) is 5.10 Å². The molecular weight excluding hydrogens is 949 g/mol. The maximum Gasteiger partial charge on any atom is 0.471 e. The zero-order valence-corrected chi connectivity index (χ0v) is 40.7. The Hall–Kier alpha value is -6.88. The Morgan fingerprint density at radius 1 is 0.833 bits per heavy atom. The number of aromatic hydroxyl groups is 3. The van der Waals surface area contributed by atoms with Crippen molar-refractivity contribution in [1.82, 2.24) is 39.4 Å². The number of amides is 1. The average molecular weight is 1010 g/mol. The zero-order chi connectivity index (χ0) is 50.3. The first-order valence-electron chi connectivity index (χ1n) is 24.6. The molecule has 0 radical (unpaired) electrons. The van der Waals surface area contributed by atoms with Crippen molar-refractivity contribution in [3.8, 4) is 40.7 Å². The number of rotatable bonds is 11. The molecule has 6 heterocycles. The Labute approximate surface area is 420 Å². The van der Waals surface area contributed by atoms with Gasteiger partial charge in [-0.05, 0) is 78.4 Å². The van der Waals surface area contributed by atoms with Crippen molar-refractivity contribution in [1.29, 1.82) is 5.26 Å². The molecule has 0 aliphatic carbocycles. The SMILES string of the molecule is CCc1cc(-c2nnc(O)n2-c2ccc(CN3CCN(CC4CCN(c5nc6c(c(N7CCN(C(=O)C(F)(F)F)[C@@H](CC#N)C7)n5)CCN(c5cccc7cccc(Cl)c57)C6)CC4)CC3)cc2)c(O)cc1O. The van der Waals surface area contributed by atoms with Gasteiger partial charge >= 0.3 is 18.1 Å². The number of aromatic nitrogens is 5. The first-order valence-corrected chi connectivity index (χ1v) is 24.9. The molecule has 6 aromatic rings. The number of benzene rings is 4. The highest BCUT2D eigenvalue weighted by Gasteiger charge is 2.46. The van der Waals surface area contributed by atoms with E-state index in [1.807, 2.05) is 72.5 Å². The molecule has 4 aliphatic rings. The summed E-state index contributed by atoms with van der Waals surface area (Å²) in [5, 5.41) is 51.8. The number of piperidine rings is 1. The second kappa shape index (κ2) is 20.3. The molecule has 0 bridgehead atoms. The van der Waals surface area contributed by atoms with Gasteiger partial charge in [-0.25, -0.2) is 9.55 Å².